The van der Waals surface area contributed by atoms with E-state index in [1.165, 1.54) is 0 Å². The fourth-order valence-electron chi connectivity index (χ4n) is 4.06. The van der Waals surface area contributed by atoms with Crippen LogP contribution in [0.5, 0.6) is 0 Å². The lowest BCUT2D eigenvalue weighted by Gasteiger charge is -2.55. The Morgan fingerprint density at radius 3 is 2.61 bits per heavy atom. The fraction of sp³-hybridized carbons (Fsp3) is 0.850. The molecule has 0 aromatic carbocycles. The number of aromatic nitrogens is 3. The predicted octanol–water partition coefficient (Wildman–Crippen LogP) is 2.18. The second-order valence-corrected chi connectivity index (χ2v) is 7.46. The van der Waals surface area contributed by atoms with Crippen LogP contribution in [0.15, 0.2) is 4.99 Å². The van der Waals surface area contributed by atoms with Crippen LogP contribution in [0, 0.1) is 12.3 Å². The molecule has 0 aliphatic heterocycles. The summed E-state index contributed by atoms with van der Waals surface area (Å²) < 4.78 is 13.1. The molecule has 1 aliphatic carbocycles. The highest BCUT2D eigenvalue weighted by molar-refractivity contribution is 5.80. The number of hydrogen-bond acceptors (Lipinski definition) is 5. The third-order valence-corrected chi connectivity index (χ3v) is 6.22. The van der Waals surface area contributed by atoms with E-state index in [9.17, 15) is 0 Å². The zero-order chi connectivity index (χ0) is 20.6. The Morgan fingerprint density at radius 2 is 2.04 bits per heavy atom. The van der Waals surface area contributed by atoms with Crippen molar-refractivity contribution < 1.29 is 9.47 Å². The monoisotopic (exact) mass is 394 g/mol. The first-order valence-electron chi connectivity index (χ1n) is 10.5. The molecule has 160 valence electrons. The number of nitrogens with zero attached hydrogens (tertiary/aromatic N) is 4. The molecule has 8 nitrogen and oxygen atoms in total. The summed E-state index contributed by atoms with van der Waals surface area (Å²) in [7, 11) is 3.79. The van der Waals surface area contributed by atoms with Gasteiger partial charge >= 0.3 is 0 Å². The van der Waals surface area contributed by atoms with Crippen molar-refractivity contribution in [3.8, 4) is 0 Å². The van der Waals surface area contributed by atoms with Gasteiger partial charge in [-0.05, 0) is 39.5 Å². The molecule has 2 unspecified atom stereocenters. The normalized spacial score (nSPS) is 21.4. The number of rotatable bonds is 11. The second kappa shape index (κ2) is 10.8. The molecule has 1 aliphatic rings. The van der Waals surface area contributed by atoms with Crippen LogP contribution in [0.4, 0.5) is 0 Å². The van der Waals surface area contributed by atoms with Crippen LogP contribution in [-0.2, 0) is 23.1 Å². The number of aryl methyl sites for hydroxylation is 1. The number of hydrogen-bond donors (Lipinski definition) is 2. The maximum absolute atomic E-state index is 5.73. The molecule has 0 amide bonds. The molecule has 1 aromatic rings. The molecule has 28 heavy (non-hydrogen) atoms. The van der Waals surface area contributed by atoms with Gasteiger partial charge in [0.05, 0.1) is 6.10 Å². The Bertz CT molecular complexity index is 626. The van der Waals surface area contributed by atoms with Gasteiger partial charge in [-0.2, -0.15) is 0 Å². The summed E-state index contributed by atoms with van der Waals surface area (Å²) in [4.78, 5) is 4.78. The highest BCUT2D eigenvalue weighted by Crippen LogP contribution is 2.48. The number of aliphatic imine (C=N–C) groups is 1. The summed E-state index contributed by atoms with van der Waals surface area (Å²) in [6.07, 6.45) is 4.41. The summed E-state index contributed by atoms with van der Waals surface area (Å²) >= 11 is 0. The Hall–Kier alpha value is -1.67. The maximum atomic E-state index is 5.73. The third-order valence-electron chi connectivity index (χ3n) is 6.22. The van der Waals surface area contributed by atoms with Crippen molar-refractivity contribution in [1.82, 2.24) is 25.4 Å². The van der Waals surface area contributed by atoms with Crippen LogP contribution >= 0.6 is 0 Å². The van der Waals surface area contributed by atoms with E-state index >= 15 is 0 Å². The Morgan fingerprint density at radius 1 is 1.29 bits per heavy atom. The SMILES string of the molecule is CCOCCCNC(=NCc1nnc(C)n1C)NC1CC(OC)C1(CC)CC. The topological polar surface area (TPSA) is 85.6 Å². The zero-order valence-corrected chi connectivity index (χ0v) is 18.4. The van der Waals surface area contributed by atoms with Gasteiger partial charge in [-0.25, -0.2) is 4.99 Å². The fourth-order valence-corrected chi connectivity index (χ4v) is 4.06. The number of nitrogens with one attached hydrogen (secondary N) is 2. The van der Waals surface area contributed by atoms with Gasteiger partial charge in [0.1, 0.15) is 12.4 Å². The summed E-state index contributed by atoms with van der Waals surface area (Å²) in [5.41, 5.74) is 0.157. The van der Waals surface area contributed by atoms with Gasteiger partial charge in [-0.1, -0.05) is 13.8 Å². The molecule has 2 atom stereocenters. The van der Waals surface area contributed by atoms with Gasteiger partial charge in [0.2, 0.25) is 0 Å². The van der Waals surface area contributed by atoms with E-state index in [2.05, 4.69) is 34.7 Å². The minimum Gasteiger partial charge on any atom is -0.382 e. The summed E-state index contributed by atoms with van der Waals surface area (Å²) in [6.45, 7) is 11.3. The van der Waals surface area contributed by atoms with E-state index in [4.69, 9.17) is 14.5 Å². The van der Waals surface area contributed by atoms with Crippen molar-refractivity contribution in [3.63, 3.8) is 0 Å². The average molecular weight is 395 g/mol. The lowest BCUT2D eigenvalue weighted by atomic mass is 9.58. The Balaban J connectivity index is 2.05. The number of guanidine groups is 1. The molecule has 1 saturated carbocycles. The van der Waals surface area contributed by atoms with Gasteiger partial charge in [0.25, 0.3) is 0 Å². The minimum atomic E-state index is 0.157. The molecule has 0 bridgehead atoms. The first-order valence-corrected chi connectivity index (χ1v) is 10.5. The summed E-state index contributed by atoms with van der Waals surface area (Å²) in [6, 6.07) is 0.354. The van der Waals surface area contributed by atoms with E-state index in [0.29, 0.717) is 18.7 Å². The van der Waals surface area contributed by atoms with Crippen molar-refractivity contribution in [1.29, 1.82) is 0 Å². The molecule has 1 aromatic heterocycles. The van der Waals surface area contributed by atoms with Crippen molar-refractivity contribution >= 4 is 5.96 Å². The quantitative estimate of drug-likeness (QED) is 0.340. The Labute approximate surface area is 169 Å². The number of methoxy groups -OCH3 is 1. The van der Waals surface area contributed by atoms with Crippen LogP contribution in [0.2, 0.25) is 0 Å². The van der Waals surface area contributed by atoms with E-state index in [1.54, 1.807) is 0 Å². The van der Waals surface area contributed by atoms with E-state index < -0.39 is 0 Å². The van der Waals surface area contributed by atoms with Crippen LogP contribution in [0.1, 0.15) is 58.1 Å². The number of ether oxygens (including phenoxy) is 2. The maximum Gasteiger partial charge on any atom is 0.191 e. The van der Waals surface area contributed by atoms with Gasteiger partial charge in [0, 0.05) is 45.4 Å². The second-order valence-electron chi connectivity index (χ2n) is 7.46. The molecule has 1 fully saturated rings. The standard InChI is InChI=1S/C20H38N6O2/c1-7-20(8-2)16(13-17(20)27-6)23-19(21-11-10-12-28-9-3)22-14-18-25-24-15(4)26(18)5/h16-17H,7-14H2,1-6H3,(H2,21,22,23). The molecular weight excluding hydrogens is 356 g/mol. The first-order chi connectivity index (χ1) is 13.5. The van der Waals surface area contributed by atoms with E-state index in [-0.39, 0.29) is 5.41 Å². The minimum absolute atomic E-state index is 0.157. The van der Waals surface area contributed by atoms with Gasteiger partial charge in [-0.15, -0.1) is 10.2 Å². The predicted molar refractivity (Wildman–Crippen MR) is 111 cm³/mol. The molecule has 2 N–H and O–H groups in total. The van der Waals surface area contributed by atoms with Crippen molar-refractivity contribution in [2.24, 2.45) is 17.5 Å². The molecule has 8 heteroatoms. The lowest BCUT2D eigenvalue weighted by Crippen LogP contribution is -2.65. The van der Waals surface area contributed by atoms with Crippen molar-refractivity contribution in [2.75, 3.05) is 26.9 Å². The summed E-state index contributed by atoms with van der Waals surface area (Å²) in [5.74, 6) is 2.57. The highest BCUT2D eigenvalue weighted by atomic mass is 16.5. The smallest absolute Gasteiger partial charge is 0.191 e. The molecule has 0 spiro atoms. The largest absolute Gasteiger partial charge is 0.382 e. The molecule has 0 saturated heterocycles. The molecule has 0 radical (unpaired) electrons. The van der Waals surface area contributed by atoms with E-state index in [1.807, 2.05) is 32.6 Å². The van der Waals surface area contributed by atoms with E-state index in [0.717, 1.165) is 63.1 Å². The average Bonchev–Trinajstić information content (AvgIpc) is 3.01. The van der Waals surface area contributed by atoms with Crippen LogP contribution in [0.3, 0.4) is 0 Å². The zero-order valence-electron chi connectivity index (χ0n) is 18.4. The third kappa shape index (κ3) is 5.03. The van der Waals surface area contributed by atoms with Crippen LogP contribution < -0.4 is 10.6 Å². The van der Waals surface area contributed by atoms with Crippen molar-refractivity contribution in [2.45, 2.75) is 72.1 Å². The Kier molecular flexibility index (Phi) is 8.69. The van der Waals surface area contributed by atoms with Gasteiger partial charge < -0.3 is 24.7 Å². The molecule has 1 heterocycles. The summed E-state index contributed by atoms with van der Waals surface area (Å²) in [5, 5.41) is 15.4. The van der Waals surface area contributed by atoms with Gasteiger partial charge in [0.15, 0.2) is 11.8 Å². The van der Waals surface area contributed by atoms with Crippen molar-refractivity contribution in [3.05, 3.63) is 11.6 Å². The van der Waals surface area contributed by atoms with Crippen LogP contribution in [0.25, 0.3) is 0 Å². The molecular formula is C20H38N6O2. The first kappa shape index (κ1) is 22.6. The van der Waals surface area contributed by atoms with Crippen LogP contribution in [-0.4, -0.2) is 59.7 Å². The molecule has 2 rings (SSSR count). The van der Waals surface area contributed by atoms with Gasteiger partial charge in [-0.3, -0.25) is 0 Å². The lowest BCUT2D eigenvalue weighted by molar-refractivity contribution is -0.118. The highest BCUT2D eigenvalue weighted by Gasteiger charge is 2.53.